The summed E-state index contributed by atoms with van der Waals surface area (Å²) in [5.74, 6) is 0.895. The van der Waals surface area contributed by atoms with Crippen LogP contribution >= 0.6 is 11.6 Å². The number of nitrogens with zero attached hydrogens (tertiary/aromatic N) is 1. The van der Waals surface area contributed by atoms with E-state index in [-0.39, 0.29) is 0 Å². The van der Waals surface area contributed by atoms with Crippen LogP contribution in [-0.2, 0) is 13.0 Å². The zero-order valence-electron chi connectivity index (χ0n) is 11.3. The Kier molecular flexibility index (Phi) is 3.66. The topological polar surface area (TPSA) is 14.2 Å². The van der Waals surface area contributed by atoms with E-state index in [1.54, 1.807) is 7.11 Å². The van der Waals surface area contributed by atoms with Gasteiger partial charge in [-0.2, -0.15) is 0 Å². The summed E-state index contributed by atoms with van der Waals surface area (Å²) >= 11 is 6.19. The van der Waals surface area contributed by atoms with Crippen LogP contribution in [0.2, 0.25) is 5.02 Å². The fraction of sp³-hybridized carbons (Fsp3) is 0.176. The molecule has 0 aliphatic carbocycles. The molecule has 1 aromatic heterocycles. The van der Waals surface area contributed by atoms with Gasteiger partial charge in [-0.3, -0.25) is 0 Å². The third-order valence-corrected chi connectivity index (χ3v) is 3.89. The van der Waals surface area contributed by atoms with Crippen LogP contribution in [0.5, 0.6) is 5.75 Å². The molecule has 102 valence electrons. The lowest BCUT2D eigenvalue weighted by atomic mass is 10.1. The van der Waals surface area contributed by atoms with E-state index < -0.39 is 0 Å². The molecular weight excluding hydrogens is 270 g/mol. The van der Waals surface area contributed by atoms with Gasteiger partial charge in [-0.25, -0.2) is 0 Å². The van der Waals surface area contributed by atoms with E-state index in [2.05, 4.69) is 35.0 Å². The molecule has 0 radical (unpaired) electrons. The Morgan fingerprint density at radius 1 is 1.05 bits per heavy atom. The third kappa shape index (κ3) is 2.52. The maximum atomic E-state index is 6.19. The van der Waals surface area contributed by atoms with Crippen LogP contribution in [-0.4, -0.2) is 11.7 Å². The van der Waals surface area contributed by atoms with Gasteiger partial charge in [0.25, 0.3) is 0 Å². The highest BCUT2D eigenvalue weighted by Crippen LogP contribution is 2.24. The molecule has 3 heteroatoms. The molecule has 0 atom stereocenters. The van der Waals surface area contributed by atoms with Gasteiger partial charge in [-0.05, 0) is 42.3 Å². The molecule has 1 heterocycles. The number of aryl methyl sites for hydroxylation is 2. The summed E-state index contributed by atoms with van der Waals surface area (Å²) in [5, 5.41) is 1.93. The van der Waals surface area contributed by atoms with Crippen molar-refractivity contribution in [1.29, 1.82) is 0 Å². The van der Waals surface area contributed by atoms with Gasteiger partial charge in [-0.1, -0.05) is 29.8 Å². The first kappa shape index (κ1) is 13.1. The number of halogens is 1. The number of hydrogen-bond donors (Lipinski definition) is 0. The van der Waals surface area contributed by atoms with E-state index in [4.69, 9.17) is 16.3 Å². The van der Waals surface area contributed by atoms with Crippen molar-refractivity contribution in [3.8, 4) is 5.75 Å². The minimum absolute atomic E-state index is 0.811. The minimum atomic E-state index is 0.811. The molecule has 2 aromatic carbocycles. The maximum Gasteiger partial charge on any atom is 0.118 e. The number of hydrogen-bond acceptors (Lipinski definition) is 1. The number of methoxy groups -OCH3 is 1. The van der Waals surface area contributed by atoms with E-state index in [1.807, 2.05) is 24.3 Å². The van der Waals surface area contributed by atoms with E-state index in [0.717, 1.165) is 29.1 Å². The largest absolute Gasteiger partial charge is 0.497 e. The monoisotopic (exact) mass is 285 g/mol. The third-order valence-electron chi connectivity index (χ3n) is 3.56. The van der Waals surface area contributed by atoms with Crippen LogP contribution in [0.15, 0.2) is 54.7 Å². The van der Waals surface area contributed by atoms with Crippen molar-refractivity contribution in [3.63, 3.8) is 0 Å². The zero-order valence-corrected chi connectivity index (χ0v) is 12.1. The summed E-state index contributed by atoms with van der Waals surface area (Å²) in [7, 11) is 1.69. The van der Waals surface area contributed by atoms with Crippen LogP contribution in [0.25, 0.3) is 10.9 Å². The van der Waals surface area contributed by atoms with Gasteiger partial charge in [-0.15, -0.1) is 0 Å². The standard InChI is InChI=1S/C17H16ClNO/c1-20-14-7-5-13(6-8-14)9-11-19-12-10-15-16(18)3-2-4-17(15)19/h2-8,10,12H,9,11H2,1H3. The average molecular weight is 286 g/mol. The average Bonchev–Trinajstić information content (AvgIpc) is 2.90. The Hall–Kier alpha value is -1.93. The second-order valence-electron chi connectivity index (χ2n) is 4.78. The lowest BCUT2D eigenvalue weighted by molar-refractivity contribution is 0.414. The normalized spacial score (nSPS) is 10.9. The second-order valence-corrected chi connectivity index (χ2v) is 5.19. The fourth-order valence-electron chi connectivity index (χ4n) is 2.42. The number of fused-ring (bicyclic) bond motifs is 1. The van der Waals surface area contributed by atoms with Crippen LogP contribution in [0, 0.1) is 0 Å². The van der Waals surface area contributed by atoms with Gasteiger partial charge >= 0.3 is 0 Å². The van der Waals surface area contributed by atoms with Gasteiger partial charge < -0.3 is 9.30 Å². The SMILES string of the molecule is COc1ccc(CCn2ccc3c(Cl)cccc32)cc1. The summed E-state index contributed by atoms with van der Waals surface area (Å²) in [5.41, 5.74) is 2.49. The van der Waals surface area contributed by atoms with Crippen molar-refractivity contribution in [2.45, 2.75) is 13.0 Å². The molecule has 2 nitrogen and oxygen atoms in total. The smallest absolute Gasteiger partial charge is 0.118 e. The van der Waals surface area contributed by atoms with Gasteiger partial charge in [0, 0.05) is 28.7 Å². The molecule has 3 rings (SSSR count). The van der Waals surface area contributed by atoms with Crippen molar-refractivity contribution in [1.82, 2.24) is 4.57 Å². The molecule has 0 amide bonds. The first-order valence-corrected chi connectivity index (χ1v) is 7.02. The summed E-state index contributed by atoms with van der Waals surface area (Å²) in [6.45, 7) is 0.941. The predicted molar refractivity (Wildman–Crippen MR) is 83.6 cm³/mol. The highest BCUT2D eigenvalue weighted by molar-refractivity contribution is 6.35. The Balaban J connectivity index is 1.78. The summed E-state index contributed by atoms with van der Waals surface area (Å²) in [4.78, 5) is 0. The van der Waals surface area contributed by atoms with Crippen molar-refractivity contribution in [2.75, 3.05) is 7.11 Å². The molecule has 0 aliphatic heterocycles. The Labute approximate surface area is 123 Å². The molecule has 0 N–H and O–H groups in total. The van der Waals surface area contributed by atoms with Crippen molar-refractivity contribution in [3.05, 3.63) is 65.3 Å². The highest BCUT2D eigenvalue weighted by Gasteiger charge is 2.04. The van der Waals surface area contributed by atoms with Gasteiger partial charge in [0.05, 0.1) is 7.11 Å². The van der Waals surface area contributed by atoms with E-state index in [0.29, 0.717) is 0 Å². The second kappa shape index (κ2) is 5.59. The molecule has 0 saturated carbocycles. The summed E-state index contributed by atoms with van der Waals surface area (Å²) in [6.07, 6.45) is 3.08. The Morgan fingerprint density at radius 3 is 2.60 bits per heavy atom. The number of aromatic nitrogens is 1. The van der Waals surface area contributed by atoms with Gasteiger partial charge in [0.2, 0.25) is 0 Å². The highest BCUT2D eigenvalue weighted by atomic mass is 35.5. The van der Waals surface area contributed by atoms with E-state index in [1.165, 1.54) is 11.1 Å². The van der Waals surface area contributed by atoms with Crippen molar-refractivity contribution >= 4 is 22.5 Å². The first-order valence-electron chi connectivity index (χ1n) is 6.64. The summed E-state index contributed by atoms with van der Waals surface area (Å²) in [6, 6.07) is 16.3. The lowest BCUT2D eigenvalue weighted by Gasteiger charge is -2.07. The number of benzene rings is 2. The Morgan fingerprint density at radius 2 is 1.85 bits per heavy atom. The Bertz CT molecular complexity index is 715. The lowest BCUT2D eigenvalue weighted by Crippen LogP contribution is -1.99. The zero-order chi connectivity index (χ0) is 13.9. The summed E-state index contributed by atoms with van der Waals surface area (Å²) < 4.78 is 7.41. The van der Waals surface area contributed by atoms with Crippen LogP contribution in [0.3, 0.4) is 0 Å². The quantitative estimate of drug-likeness (QED) is 0.686. The molecule has 0 fully saturated rings. The first-order chi connectivity index (χ1) is 9.78. The van der Waals surface area contributed by atoms with Gasteiger partial charge in [0.15, 0.2) is 0 Å². The van der Waals surface area contributed by atoms with Gasteiger partial charge in [0.1, 0.15) is 5.75 Å². The number of ether oxygens (including phenoxy) is 1. The van der Waals surface area contributed by atoms with Crippen LogP contribution in [0.4, 0.5) is 0 Å². The van der Waals surface area contributed by atoms with Crippen LogP contribution in [0.1, 0.15) is 5.56 Å². The molecule has 3 aromatic rings. The van der Waals surface area contributed by atoms with E-state index in [9.17, 15) is 0 Å². The fourth-order valence-corrected chi connectivity index (χ4v) is 2.66. The molecule has 0 aliphatic rings. The van der Waals surface area contributed by atoms with Crippen molar-refractivity contribution < 1.29 is 4.74 Å². The van der Waals surface area contributed by atoms with E-state index >= 15 is 0 Å². The molecule has 0 saturated heterocycles. The minimum Gasteiger partial charge on any atom is -0.497 e. The van der Waals surface area contributed by atoms with Crippen LogP contribution < -0.4 is 4.74 Å². The molecule has 0 spiro atoms. The molecular formula is C17H16ClNO. The van der Waals surface area contributed by atoms with Crippen molar-refractivity contribution in [2.24, 2.45) is 0 Å². The molecule has 0 unspecified atom stereocenters. The predicted octanol–water partition coefficient (Wildman–Crippen LogP) is 4.55. The molecule has 20 heavy (non-hydrogen) atoms. The molecule has 0 bridgehead atoms. The maximum absolute atomic E-state index is 6.19. The number of rotatable bonds is 4.